The van der Waals surface area contributed by atoms with E-state index in [9.17, 15) is 9.59 Å². The molecule has 0 saturated carbocycles. The van der Waals surface area contributed by atoms with Crippen molar-refractivity contribution in [2.45, 2.75) is 0 Å². The molecule has 0 saturated heterocycles. The van der Waals surface area contributed by atoms with Gasteiger partial charge in [-0.25, -0.2) is 9.78 Å². The van der Waals surface area contributed by atoms with E-state index in [0.29, 0.717) is 20.9 Å². The predicted molar refractivity (Wildman–Crippen MR) is 96.5 cm³/mol. The van der Waals surface area contributed by atoms with Crippen molar-refractivity contribution < 1.29 is 19.1 Å². The molecule has 128 valence electrons. The Bertz CT molecular complexity index is 1120. The first-order valence-corrected chi connectivity index (χ1v) is 8.35. The lowest BCUT2D eigenvalue weighted by molar-refractivity contribution is 0.0697. The van der Waals surface area contributed by atoms with Crippen LogP contribution in [0.15, 0.2) is 59.7 Å². The largest absolute Gasteiger partial charge is 0.478 e. The predicted octanol–water partition coefficient (Wildman–Crippen LogP) is 3.90. The van der Waals surface area contributed by atoms with Gasteiger partial charge in [-0.3, -0.25) is 15.1 Å². The van der Waals surface area contributed by atoms with E-state index in [0.717, 1.165) is 11.1 Å². The van der Waals surface area contributed by atoms with E-state index in [1.54, 1.807) is 36.9 Å². The number of hydrogen-bond acceptors (Lipinski definition) is 6. The molecule has 2 N–H and O–H groups in total. The van der Waals surface area contributed by atoms with E-state index in [1.165, 1.54) is 29.7 Å². The number of carbonyl (C=O) groups is 2. The van der Waals surface area contributed by atoms with Gasteiger partial charge in [0.1, 0.15) is 0 Å². The number of aromatic carboxylic acids is 1. The van der Waals surface area contributed by atoms with Crippen LogP contribution in [0.4, 0.5) is 5.13 Å². The van der Waals surface area contributed by atoms with Crippen LogP contribution in [0.5, 0.6) is 0 Å². The topological polar surface area (TPSA) is 105 Å². The molecule has 26 heavy (non-hydrogen) atoms. The van der Waals surface area contributed by atoms with Crippen molar-refractivity contribution in [1.29, 1.82) is 0 Å². The molecule has 1 amide bonds. The molecule has 3 aromatic heterocycles. The number of rotatable bonds is 4. The van der Waals surface area contributed by atoms with Crippen molar-refractivity contribution in [3.63, 3.8) is 0 Å². The summed E-state index contributed by atoms with van der Waals surface area (Å²) in [6.07, 6.45) is 6.24. The number of thiazole rings is 1. The highest BCUT2D eigenvalue weighted by molar-refractivity contribution is 7.22. The zero-order chi connectivity index (χ0) is 18.1. The van der Waals surface area contributed by atoms with Crippen molar-refractivity contribution in [2.24, 2.45) is 0 Å². The first-order valence-electron chi connectivity index (χ1n) is 7.53. The Morgan fingerprint density at radius 1 is 1.08 bits per heavy atom. The molecule has 0 aliphatic rings. The molecule has 0 aliphatic carbocycles. The summed E-state index contributed by atoms with van der Waals surface area (Å²) in [6, 6.07) is 8.13. The Kier molecular flexibility index (Phi) is 3.94. The fourth-order valence-electron chi connectivity index (χ4n) is 2.43. The SMILES string of the molecule is O=C(O)c1ccc2nc(NC(=O)c3cncc(-c4ccoc4)c3)sc2c1. The number of fused-ring (bicyclic) bond motifs is 1. The maximum Gasteiger partial charge on any atom is 0.335 e. The lowest BCUT2D eigenvalue weighted by atomic mass is 10.1. The summed E-state index contributed by atoms with van der Waals surface area (Å²) >= 11 is 1.21. The number of nitrogens with zero attached hydrogens (tertiary/aromatic N) is 2. The van der Waals surface area contributed by atoms with Gasteiger partial charge >= 0.3 is 5.97 Å². The number of carboxylic acid groups (broad SMARTS) is 1. The van der Waals surface area contributed by atoms with Crippen molar-refractivity contribution in [3.8, 4) is 11.1 Å². The summed E-state index contributed by atoms with van der Waals surface area (Å²) in [5, 5.41) is 12.2. The van der Waals surface area contributed by atoms with Crippen molar-refractivity contribution >= 4 is 38.6 Å². The van der Waals surface area contributed by atoms with Crippen molar-refractivity contribution in [2.75, 3.05) is 5.32 Å². The van der Waals surface area contributed by atoms with Crippen molar-refractivity contribution in [3.05, 3.63) is 66.4 Å². The van der Waals surface area contributed by atoms with Crippen LogP contribution in [0.1, 0.15) is 20.7 Å². The molecule has 8 heteroatoms. The second kappa shape index (κ2) is 6.41. The Balaban J connectivity index is 1.59. The smallest absolute Gasteiger partial charge is 0.335 e. The zero-order valence-corrected chi connectivity index (χ0v) is 14.0. The number of nitrogens with one attached hydrogen (secondary N) is 1. The van der Waals surface area contributed by atoms with Gasteiger partial charge in [0, 0.05) is 23.5 Å². The van der Waals surface area contributed by atoms with E-state index < -0.39 is 5.97 Å². The number of hydrogen-bond donors (Lipinski definition) is 2. The van der Waals surface area contributed by atoms with Gasteiger partial charge in [-0.15, -0.1) is 0 Å². The minimum Gasteiger partial charge on any atom is -0.478 e. The number of anilines is 1. The summed E-state index contributed by atoms with van der Waals surface area (Å²) in [5.74, 6) is -1.35. The molecular formula is C18H11N3O4S. The van der Waals surface area contributed by atoms with Gasteiger partial charge in [0.15, 0.2) is 5.13 Å². The summed E-state index contributed by atoms with van der Waals surface area (Å²) in [7, 11) is 0. The fourth-order valence-corrected chi connectivity index (χ4v) is 3.33. The van der Waals surface area contributed by atoms with Gasteiger partial charge in [0.05, 0.1) is 33.9 Å². The molecule has 0 aliphatic heterocycles. The van der Waals surface area contributed by atoms with E-state index in [1.807, 2.05) is 0 Å². The molecule has 1 aromatic carbocycles. The van der Waals surface area contributed by atoms with Crippen LogP contribution in [0.3, 0.4) is 0 Å². The second-order valence-electron chi connectivity index (χ2n) is 5.44. The highest BCUT2D eigenvalue weighted by Gasteiger charge is 2.13. The third-order valence-corrected chi connectivity index (χ3v) is 4.64. The number of benzene rings is 1. The van der Waals surface area contributed by atoms with Gasteiger partial charge < -0.3 is 9.52 Å². The van der Waals surface area contributed by atoms with Crippen LogP contribution in [0.2, 0.25) is 0 Å². The average molecular weight is 365 g/mol. The van der Waals surface area contributed by atoms with E-state index >= 15 is 0 Å². The molecule has 4 rings (SSSR count). The van der Waals surface area contributed by atoms with Gasteiger partial charge in [-0.05, 0) is 30.3 Å². The number of aromatic nitrogens is 2. The van der Waals surface area contributed by atoms with Crippen molar-refractivity contribution in [1.82, 2.24) is 9.97 Å². The number of furan rings is 1. The molecule has 4 aromatic rings. The Hall–Kier alpha value is -3.52. The van der Waals surface area contributed by atoms with E-state index in [4.69, 9.17) is 9.52 Å². The number of carbonyl (C=O) groups excluding carboxylic acids is 1. The number of amides is 1. The van der Waals surface area contributed by atoms with Crippen LogP contribution in [-0.2, 0) is 0 Å². The maximum atomic E-state index is 12.5. The normalized spacial score (nSPS) is 10.8. The lowest BCUT2D eigenvalue weighted by Crippen LogP contribution is -2.12. The fraction of sp³-hybridized carbons (Fsp3) is 0. The average Bonchev–Trinajstić information content (AvgIpc) is 3.30. The van der Waals surface area contributed by atoms with Gasteiger partial charge in [-0.1, -0.05) is 11.3 Å². The molecule has 0 unspecified atom stereocenters. The highest BCUT2D eigenvalue weighted by Crippen LogP contribution is 2.27. The molecule has 0 spiro atoms. The minimum absolute atomic E-state index is 0.177. The molecule has 0 radical (unpaired) electrons. The summed E-state index contributed by atoms with van der Waals surface area (Å²) in [4.78, 5) is 31.9. The maximum absolute atomic E-state index is 12.5. The monoisotopic (exact) mass is 365 g/mol. The second-order valence-corrected chi connectivity index (χ2v) is 6.47. The van der Waals surface area contributed by atoms with Crippen LogP contribution in [-0.4, -0.2) is 27.0 Å². The van der Waals surface area contributed by atoms with E-state index in [-0.39, 0.29) is 11.5 Å². The Morgan fingerprint density at radius 3 is 2.73 bits per heavy atom. The first-order chi connectivity index (χ1) is 12.6. The quantitative estimate of drug-likeness (QED) is 0.568. The van der Waals surface area contributed by atoms with Gasteiger partial charge in [0.25, 0.3) is 5.91 Å². The molecule has 3 heterocycles. The highest BCUT2D eigenvalue weighted by atomic mass is 32.1. The van der Waals surface area contributed by atoms with Gasteiger partial charge in [-0.2, -0.15) is 0 Å². The van der Waals surface area contributed by atoms with E-state index in [2.05, 4.69) is 15.3 Å². The summed E-state index contributed by atoms with van der Waals surface area (Å²) in [5.41, 5.74) is 2.78. The summed E-state index contributed by atoms with van der Waals surface area (Å²) in [6.45, 7) is 0. The Labute approximate surface area is 150 Å². The zero-order valence-electron chi connectivity index (χ0n) is 13.2. The third-order valence-electron chi connectivity index (χ3n) is 3.71. The van der Waals surface area contributed by atoms with Gasteiger partial charge in [0.2, 0.25) is 0 Å². The number of pyridine rings is 1. The van der Waals surface area contributed by atoms with Crippen LogP contribution < -0.4 is 5.32 Å². The first kappa shape index (κ1) is 16.0. The molecule has 0 fully saturated rings. The molecule has 0 bridgehead atoms. The summed E-state index contributed by atoms with van der Waals surface area (Å²) < 4.78 is 5.73. The standard InChI is InChI=1S/C18H11N3O4S/c22-16(13-5-12(7-19-8-13)11-3-4-25-9-11)21-18-20-14-2-1-10(17(23)24)6-15(14)26-18/h1-9H,(H,23,24)(H,20,21,22). The minimum atomic E-state index is -1.01. The van der Waals surface area contributed by atoms with Crippen LogP contribution in [0, 0.1) is 0 Å². The van der Waals surface area contributed by atoms with Crippen LogP contribution in [0.25, 0.3) is 21.3 Å². The third kappa shape index (κ3) is 3.05. The lowest BCUT2D eigenvalue weighted by Gasteiger charge is -2.03. The molecule has 0 atom stereocenters. The van der Waals surface area contributed by atoms with Crippen LogP contribution >= 0.6 is 11.3 Å². The Morgan fingerprint density at radius 2 is 1.96 bits per heavy atom. The number of carboxylic acids is 1. The molecule has 7 nitrogen and oxygen atoms in total. The molecular weight excluding hydrogens is 354 g/mol.